The van der Waals surface area contributed by atoms with Crippen LogP contribution in [0, 0.1) is 0 Å². The van der Waals surface area contributed by atoms with Crippen molar-refractivity contribution in [2.24, 2.45) is 0 Å². The van der Waals surface area contributed by atoms with E-state index in [0.717, 1.165) is 28.8 Å². The fourth-order valence-corrected chi connectivity index (χ4v) is 2.98. The topological polar surface area (TPSA) is 56.1 Å². The van der Waals surface area contributed by atoms with Crippen LogP contribution in [0.3, 0.4) is 0 Å². The number of ether oxygens (including phenoxy) is 1. The number of hydrogen-bond acceptors (Lipinski definition) is 3. The lowest BCUT2D eigenvalue weighted by atomic mass is 10.1. The summed E-state index contributed by atoms with van der Waals surface area (Å²) in [5, 5.41) is 3.09. The first-order valence-electron chi connectivity index (χ1n) is 8.43. The average Bonchev–Trinajstić information content (AvgIpc) is 3.05. The second-order valence-corrected chi connectivity index (χ2v) is 6.28. The average molecular weight is 337 g/mol. The largest absolute Gasteiger partial charge is 0.497 e. The van der Waals surface area contributed by atoms with Crippen molar-refractivity contribution in [1.82, 2.24) is 14.9 Å². The molecule has 3 rings (SSSR count). The van der Waals surface area contributed by atoms with Crippen molar-refractivity contribution < 1.29 is 9.53 Å². The number of amides is 1. The first kappa shape index (κ1) is 17.0. The molecule has 1 aromatic heterocycles. The molecule has 0 saturated carbocycles. The second kappa shape index (κ2) is 7.38. The summed E-state index contributed by atoms with van der Waals surface area (Å²) in [6, 6.07) is 15.4. The number of aromatic nitrogens is 2. The molecule has 0 bridgehead atoms. The Kier molecular flexibility index (Phi) is 5.03. The highest BCUT2D eigenvalue weighted by Gasteiger charge is 2.19. The van der Waals surface area contributed by atoms with Crippen LogP contribution in [0.15, 0.2) is 54.9 Å². The predicted molar refractivity (Wildman–Crippen MR) is 98.7 cm³/mol. The molecule has 0 aliphatic heterocycles. The van der Waals surface area contributed by atoms with E-state index in [4.69, 9.17) is 4.74 Å². The zero-order chi connectivity index (χ0) is 17.8. The Hall–Kier alpha value is -2.82. The summed E-state index contributed by atoms with van der Waals surface area (Å²) in [5.74, 6) is 0.813. The van der Waals surface area contributed by atoms with E-state index in [1.54, 1.807) is 13.4 Å². The minimum absolute atomic E-state index is 0.0152. The molecule has 2 atom stereocenters. The molecule has 3 aromatic rings. The predicted octanol–water partition coefficient (Wildman–Crippen LogP) is 3.35. The number of carbonyl (C=O) groups is 1. The number of para-hydroxylation sites is 2. The molecule has 25 heavy (non-hydrogen) atoms. The van der Waals surface area contributed by atoms with Crippen molar-refractivity contribution in [3.05, 3.63) is 60.4 Å². The van der Waals surface area contributed by atoms with Crippen molar-refractivity contribution in [2.75, 3.05) is 7.11 Å². The van der Waals surface area contributed by atoms with Gasteiger partial charge in [0, 0.05) is 6.04 Å². The fourth-order valence-electron chi connectivity index (χ4n) is 2.98. The Morgan fingerprint density at radius 2 is 2.00 bits per heavy atom. The van der Waals surface area contributed by atoms with Crippen LogP contribution in [0.5, 0.6) is 5.75 Å². The minimum Gasteiger partial charge on any atom is -0.497 e. The molecule has 0 radical (unpaired) electrons. The molecule has 0 spiro atoms. The van der Waals surface area contributed by atoms with Crippen molar-refractivity contribution in [3.63, 3.8) is 0 Å². The lowest BCUT2D eigenvalue weighted by Gasteiger charge is -2.19. The lowest BCUT2D eigenvalue weighted by Crippen LogP contribution is -2.38. The van der Waals surface area contributed by atoms with Gasteiger partial charge in [0.15, 0.2) is 0 Å². The minimum atomic E-state index is -0.319. The van der Waals surface area contributed by atoms with Crippen LogP contribution in [0.2, 0.25) is 0 Å². The number of methoxy groups -OCH3 is 1. The highest BCUT2D eigenvalue weighted by molar-refractivity contribution is 5.83. The van der Waals surface area contributed by atoms with Crippen molar-refractivity contribution in [1.29, 1.82) is 0 Å². The summed E-state index contributed by atoms with van der Waals surface area (Å²) >= 11 is 0. The zero-order valence-electron chi connectivity index (χ0n) is 14.8. The smallest absolute Gasteiger partial charge is 0.243 e. The van der Waals surface area contributed by atoms with Crippen LogP contribution < -0.4 is 10.1 Å². The van der Waals surface area contributed by atoms with Crippen LogP contribution >= 0.6 is 0 Å². The van der Waals surface area contributed by atoms with Crippen molar-refractivity contribution in [3.8, 4) is 5.75 Å². The van der Waals surface area contributed by atoms with Gasteiger partial charge in [-0.15, -0.1) is 0 Å². The Balaban J connectivity index is 1.66. The summed E-state index contributed by atoms with van der Waals surface area (Å²) in [5.41, 5.74) is 2.99. The number of hydrogen-bond donors (Lipinski definition) is 1. The number of nitrogens with zero attached hydrogens (tertiary/aromatic N) is 2. The van der Waals surface area contributed by atoms with Gasteiger partial charge in [-0.25, -0.2) is 4.98 Å². The standard InChI is InChI=1S/C20H23N3O2/c1-14(11-16-7-6-8-17(12-16)25-3)22-20(24)15(2)23-13-21-18-9-4-5-10-19(18)23/h4-10,12-15H,11H2,1-3H3,(H,22,24). The van der Waals surface area contributed by atoms with E-state index in [1.165, 1.54) is 0 Å². The Bertz CT molecular complexity index is 872. The van der Waals surface area contributed by atoms with E-state index in [0.29, 0.717) is 0 Å². The van der Waals surface area contributed by atoms with Gasteiger partial charge in [-0.05, 0) is 50.1 Å². The third-order valence-electron chi connectivity index (χ3n) is 4.34. The highest BCUT2D eigenvalue weighted by atomic mass is 16.5. The van der Waals surface area contributed by atoms with Gasteiger partial charge < -0.3 is 14.6 Å². The lowest BCUT2D eigenvalue weighted by molar-refractivity contribution is -0.124. The van der Waals surface area contributed by atoms with Crippen LogP contribution in [-0.4, -0.2) is 28.6 Å². The first-order valence-corrected chi connectivity index (χ1v) is 8.43. The number of fused-ring (bicyclic) bond motifs is 1. The molecule has 0 saturated heterocycles. The van der Waals surface area contributed by atoms with E-state index < -0.39 is 0 Å². The fraction of sp³-hybridized carbons (Fsp3) is 0.300. The molecule has 5 heteroatoms. The molecule has 130 valence electrons. The van der Waals surface area contributed by atoms with Gasteiger partial charge in [0.25, 0.3) is 0 Å². The van der Waals surface area contributed by atoms with Crippen LogP contribution in [-0.2, 0) is 11.2 Å². The second-order valence-electron chi connectivity index (χ2n) is 6.28. The number of imidazole rings is 1. The monoisotopic (exact) mass is 337 g/mol. The number of rotatable bonds is 6. The third kappa shape index (κ3) is 3.82. The Morgan fingerprint density at radius 3 is 2.80 bits per heavy atom. The van der Waals surface area contributed by atoms with Gasteiger partial charge in [0.05, 0.1) is 24.5 Å². The third-order valence-corrected chi connectivity index (χ3v) is 4.34. The van der Waals surface area contributed by atoms with E-state index in [9.17, 15) is 4.79 Å². The first-order chi connectivity index (χ1) is 12.1. The SMILES string of the molecule is COc1cccc(CC(C)NC(=O)C(C)n2cnc3ccccc32)c1. The molecular formula is C20H23N3O2. The van der Waals surface area contributed by atoms with E-state index in [-0.39, 0.29) is 18.0 Å². The number of benzene rings is 2. The summed E-state index contributed by atoms with van der Waals surface area (Å²) in [6.45, 7) is 3.90. The summed E-state index contributed by atoms with van der Waals surface area (Å²) < 4.78 is 7.15. The molecule has 5 nitrogen and oxygen atoms in total. The maximum atomic E-state index is 12.6. The van der Waals surface area contributed by atoms with Gasteiger partial charge in [0.1, 0.15) is 11.8 Å². The zero-order valence-corrected chi connectivity index (χ0v) is 14.8. The van der Waals surface area contributed by atoms with E-state index >= 15 is 0 Å². The normalized spacial score (nSPS) is 13.4. The van der Waals surface area contributed by atoms with Crippen LogP contribution in [0.25, 0.3) is 11.0 Å². The van der Waals surface area contributed by atoms with E-state index in [1.807, 2.05) is 66.9 Å². The number of nitrogens with one attached hydrogen (secondary N) is 1. The Morgan fingerprint density at radius 1 is 1.20 bits per heavy atom. The highest BCUT2D eigenvalue weighted by Crippen LogP contribution is 2.18. The van der Waals surface area contributed by atoms with Gasteiger partial charge in [-0.3, -0.25) is 4.79 Å². The van der Waals surface area contributed by atoms with Gasteiger partial charge in [-0.1, -0.05) is 24.3 Å². The van der Waals surface area contributed by atoms with Crippen LogP contribution in [0.1, 0.15) is 25.5 Å². The quantitative estimate of drug-likeness (QED) is 0.750. The molecule has 0 aliphatic carbocycles. The summed E-state index contributed by atoms with van der Waals surface area (Å²) in [7, 11) is 1.65. The van der Waals surface area contributed by atoms with Gasteiger partial charge in [0.2, 0.25) is 5.91 Å². The Labute approximate surface area is 147 Å². The van der Waals surface area contributed by atoms with Gasteiger partial charge >= 0.3 is 0 Å². The molecule has 2 unspecified atom stereocenters. The maximum absolute atomic E-state index is 12.6. The number of carbonyl (C=O) groups excluding carboxylic acids is 1. The molecular weight excluding hydrogens is 314 g/mol. The summed E-state index contributed by atoms with van der Waals surface area (Å²) in [4.78, 5) is 17.0. The molecule has 1 N–H and O–H groups in total. The molecule has 1 heterocycles. The van der Waals surface area contributed by atoms with Crippen molar-refractivity contribution in [2.45, 2.75) is 32.4 Å². The molecule has 0 fully saturated rings. The van der Waals surface area contributed by atoms with Gasteiger partial charge in [-0.2, -0.15) is 0 Å². The molecule has 0 aliphatic rings. The molecule has 2 aromatic carbocycles. The summed E-state index contributed by atoms with van der Waals surface area (Å²) in [6.07, 6.45) is 2.47. The van der Waals surface area contributed by atoms with E-state index in [2.05, 4.69) is 10.3 Å². The molecule has 1 amide bonds. The van der Waals surface area contributed by atoms with Crippen LogP contribution in [0.4, 0.5) is 0 Å². The maximum Gasteiger partial charge on any atom is 0.243 e. The van der Waals surface area contributed by atoms with Crippen molar-refractivity contribution >= 4 is 16.9 Å².